The molecule has 0 saturated carbocycles. The van der Waals surface area contributed by atoms with E-state index in [1.165, 1.54) is 0 Å². The van der Waals surface area contributed by atoms with Gasteiger partial charge in [0.2, 0.25) is 5.95 Å². The Kier molecular flexibility index (Phi) is 8.29. The van der Waals surface area contributed by atoms with Crippen molar-refractivity contribution in [2.45, 2.75) is 24.8 Å². The van der Waals surface area contributed by atoms with Crippen LogP contribution < -0.4 is 10.6 Å². The lowest BCUT2D eigenvalue weighted by molar-refractivity contribution is -0.141. The van der Waals surface area contributed by atoms with Gasteiger partial charge in [-0.2, -0.15) is 13.2 Å². The van der Waals surface area contributed by atoms with E-state index >= 15 is 0 Å². The second-order valence-electron chi connectivity index (χ2n) is 6.66. The summed E-state index contributed by atoms with van der Waals surface area (Å²) in [4.78, 5) is 13.2. The van der Waals surface area contributed by atoms with Gasteiger partial charge in [0.15, 0.2) is 15.8 Å². The molecule has 0 radical (unpaired) electrons. The van der Waals surface area contributed by atoms with Crippen molar-refractivity contribution in [3.05, 3.63) is 18.0 Å². The third-order valence-electron chi connectivity index (χ3n) is 4.19. The molecule has 1 aromatic heterocycles. The molecule has 1 aromatic rings. The molecule has 0 unspecified atom stereocenters. The van der Waals surface area contributed by atoms with Gasteiger partial charge in [-0.3, -0.25) is 4.99 Å². The minimum Gasteiger partial charge on any atom is -0.354 e. The van der Waals surface area contributed by atoms with E-state index in [-0.39, 0.29) is 42.2 Å². The van der Waals surface area contributed by atoms with Gasteiger partial charge in [0, 0.05) is 39.4 Å². The highest BCUT2D eigenvalue weighted by atomic mass is 127. The molecule has 13 heteroatoms. The number of aliphatic imine (C=N–C) groups is 1. The van der Waals surface area contributed by atoms with Crippen molar-refractivity contribution in [3.8, 4) is 0 Å². The highest BCUT2D eigenvalue weighted by Crippen LogP contribution is 2.27. The van der Waals surface area contributed by atoms with Crippen LogP contribution in [0.1, 0.15) is 19.5 Å². The Morgan fingerprint density at radius 1 is 1.36 bits per heavy atom. The number of alkyl halides is 3. The van der Waals surface area contributed by atoms with Crippen LogP contribution in [0.4, 0.5) is 19.1 Å². The van der Waals surface area contributed by atoms with Crippen molar-refractivity contribution in [3.63, 3.8) is 0 Å². The minimum atomic E-state index is -4.53. The molecule has 2 N–H and O–H groups in total. The molecule has 0 spiro atoms. The summed E-state index contributed by atoms with van der Waals surface area (Å²) >= 11 is 0. The van der Waals surface area contributed by atoms with Crippen molar-refractivity contribution < 1.29 is 21.6 Å². The lowest BCUT2D eigenvalue weighted by Gasteiger charge is -2.39. The topological polar surface area (TPSA) is 99.6 Å². The third kappa shape index (κ3) is 6.06. The monoisotopic (exact) mass is 536 g/mol. The number of nitrogens with one attached hydrogen (secondary N) is 2. The highest BCUT2D eigenvalue weighted by Gasteiger charge is 2.40. The number of halogens is 4. The molecule has 0 amide bonds. The first kappa shape index (κ1) is 24.7. The Morgan fingerprint density at radius 2 is 2.04 bits per heavy atom. The average Bonchev–Trinajstić information content (AvgIpc) is 2.57. The van der Waals surface area contributed by atoms with E-state index in [0.29, 0.717) is 25.6 Å². The van der Waals surface area contributed by atoms with E-state index in [9.17, 15) is 21.6 Å². The van der Waals surface area contributed by atoms with Crippen molar-refractivity contribution in [1.29, 1.82) is 0 Å². The predicted molar refractivity (Wildman–Crippen MR) is 112 cm³/mol. The van der Waals surface area contributed by atoms with Crippen LogP contribution in [0.5, 0.6) is 0 Å². The van der Waals surface area contributed by atoms with Gasteiger partial charge in [-0.25, -0.2) is 18.4 Å². The Bertz CT molecular complexity index is 801. The molecule has 1 aliphatic rings. The van der Waals surface area contributed by atoms with Crippen LogP contribution in [0.15, 0.2) is 17.3 Å². The minimum absolute atomic E-state index is 0. The fourth-order valence-electron chi connectivity index (χ4n) is 2.61. The third-order valence-corrected chi connectivity index (χ3v) is 6.73. The molecule has 0 atom stereocenters. The number of hydrogen-bond acceptors (Lipinski definition) is 6. The summed E-state index contributed by atoms with van der Waals surface area (Å²) in [6.07, 6.45) is -3.48. The summed E-state index contributed by atoms with van der Waals surface area (Å²) in [6.45, 7) is 4.59. The van der Waals surface area contributed by atoms with Gasteiger partial charge in [0.1, 0.15) is 5.69 Å². The summed E-state index contributed by atoms with van der Waals surface area (Å²) in [5, 5.41) is 5.77. The molecule has 2 rings (SSSR count). The van der Waals surface area contributed by atoms with Crippen LogP contribution in [0, 0.1) is 0 Å². The summed E-state index contributed by atoms with van der Waals surface area (Å²) in [5.74, 6) is 0.452. The second-order valence-corrected chi connectivity index (χ2v) is 9.41. The molecule has 1 saturated heterocycles. The summed E-state index contributed by atoms with van der Waals surface area (Å²) in [5.41, 5.74) is -1.01. The molecule has 0 aliphatic carbocycles. The molecule has 2 heterocycles. The van der Waals surface area contributed by atoms with Gasteiger partial charge in [0.05, 0.1) is 10.5 Å². The highest BCUT2D eigenvalue weighted by molar-refractivity contribution is 14.0. The van der Waals surface area contributed by atoms with E-state index in [2.05, 4.69) is 25.6 Å². The molecule has 0 aromatic carbocycles. The van der Waals surface area contributed by atoms with Crippen LogP contribution in [0.3, 0.4) is 0 Å². The number of aromatic nitrogens is 2. The zero-order valence-corrected chi connectivity index (χ0v) is 18.9. The first-order valence-electron chi connectivity index (χ1n) is 8.28. The summed E-state index contributed by atoms with van der Waals surface area (Å²) < 4.78 is 61.2. The number of sulfone groups is 1. The fraction of sp³-hybridized carbons (Fsp3) is 0.667. The number of anilines is 1. The second kappa shape index (κ2) is 9.41. The van der Waals surface area contributed by atoms with E-state index in [1.807, 2.05) is 4.90 Å². The Balaban J connectivity index is 0.00000392. The molecule has 160 valence electrons. The summed E-state index contributed by atoms with van der Waals surface area (Å²) in [6, 6.07) is 0.803. The SMILES string of the molecule is CN=C(NCCNc1nccc(C(F)(F)F)n1)N1CCS(=O)(=O)C(C)(C)C1.I. The maximum absolute atomic E-state index is 12.6. The van der Waals surface area contributed by atoms with Gasteiger partial charge < -0.3 is 15.5 Å². The number of guanidine groups is 1. The Labute approximate surface area is 179 Å². The van der Waals surface area contributed by atoms with Crippen molar-refractivity contribution in [2.24, 2.45) is 4.99 Å². The van der Waals surface area contributed by atoms with E-state index in [4.69, 9.17) is 0 Å². The van der Waals surface area contributed by atoms with Crippen LogP contribution in [0.2, 0.25) is 0 Å². The van der Waals surface area contributed by atoms with Gasteiger partial charge in [-0.15, -0.1) is 24.0 Å². The Morgan fingerprint density at radius 3 is 2.61 bits per heavy atom. The van der Waals surface area contributed by atoms with Crippen LogP contribution >= 0.6 is 24.0 Å². The largest absolute Gasteiger partial charge is 0.433 e. The van der Waals surface area contributed by atoms with Crippen LogP contribution in [-0.2, 0) is 16.0 Å². The van der Waals surface area contributed by atoms with E-state index < -0.39 is 26.5 Å². The number of hydrogen-bond donors (Lipinski definition) is 2. The van der Waals surface area contributed by atoms with Gasteiger partial charge in [0.25, 0.3) is 0 Å². The van der Waals surface area contributed by atoms with Gasteiger partial charge in [-0.05, 0) is 19.9 Å². The quantitative estimate of drug-likeness (QED) is 0.261. The van der Waals surface area contributed by atoms with Crippen LogP contribution in [-0.4, -0.2) is 73.0 Å². The zero-order chi connectivity index (χ0) is 20.3. The van der Waals surface area contributed by atoms with E-state index in [1.54, 1.807) is 20.9 Å². The molecule has 1 fully saturated rings. The van der Waals surface area contributed by atoms with E-state index in [0.717, 1.165) is 12.3 Å². The standard InChI is InChI=1S/C15H23F3N6O2S.HI/c1-14(2)10-24(8-9-27(14,25)26)13(19-3)22-7-6-21-12-20-5-4-11(23-12)15(16,17)18;/h4-5H,6-10H2,1-3H3,(H,19,22)(H,20,21,23);1H. The van der Waals surface area contributed by atoms with Crippen molar-refractivity contribution in [2.75, 3.05) is 44.3 Å². The molecule has 0 bridgehead atoms. The molecular weight excluding hydrogens is 512 g/mol. The zero-order valence-electron chi connectivity index (χ0n) is 15.7. The molecule has 1 aliphatic heterocycles. The predicted octanol–water partition coefficient (Wildman–Crippen LogP) is 1.61. The lowest BCUT2D eigenvalue weighted by atomic mass is 10.2. The van der Waals surface area contributed by atoms with Crippen molar-refractivity contribution >= 4 is 45.7 Å². The Hall–Kier alpha value is -1.38. The summed E-state index contributed by atoms with van der Waals surface area (Å²) in [7, 11) is -1.57. The lowest BCUT2D eigenvalue weighted by Crippen LogP contribution is -2.57. The first-order chi connectivity index (χ1) is 12.5. The fourth-order valence-corrected chi connectivity index (χ4v) is 3.97. The van der Waals surface area contributed by atoms with Crippen LogP contribution in [0.25, 0.3) is 0 Å². The molecular formula is C15H24F3IN6O2S. The normalized spacial score (nSPS) is 18.9. The molecule has 28 heavy (non-hydrogen) atoms. The number of rotatable bonds is 4. The smallest absolute Gasteiger partial charge is 0.354 e. The number of nitrogens with zero attached hydrogens (tertiary/aromatic N) is 4. The maximum Gasteiger partial charge on any atom is 0.433 e. The first-order valence-corrected chi connectivity index (χ1v) is 9.93. The van der Waals surface area contributed by atoms with Gasteiger partial charge in [-0.1, -0.05) is 0 Å². The molecule has 8 nitrogen and oxygen atoms in total. The van der Waals surface area contributed by atoms with Gasteiger partial charge >= 0.3 is 6.18 Å². The van der Waals surface area contributed by atoms with Crippen molar-refractivity contribution in [1.82, 2.24) is 20.2 Å². The maximum atomic E-state index is 12.6. The average molecular weight is 536 g/mol.